The normalized spacial score (nSPS) is 11.4. The van der Waals surface area contributed by atoms with E-state index in [0.717, 1.165) is 7.05 Å². The zero-order chi connectivity index (χ0) is 21.2. The van der Waals surface area contributed by atoms with Crippen molar-refractivity contribution in [2.24, 2.45) is 7.05 Å². The fourth-order valence-corrected chi connectivity index (χ4v) is 2.62. The molecule has 28 heavy (non-hydrogen) atoms. The van der Waals surface area contributed by atoms with Crippen molar-refractivity contribution in [3.8, 4) is 17.0 Å². The van der Waals surface area contributed by atoms with Gasteiger partial charge in [-0.3, -0.25) is 24.6 Å². The minimum atomic E-state index is -4.88. The predicted molar refractivity (Wildman–Crippen MR) is 86.9 cm³/mol. The molecule has 0 saturated carbocycles. The molecule has 1 heterocycles. The molecule has 0 radical (unpaired) electrons. The largest absolute Gasteiger partial charge is 0.434 e. The fourth-order valence-electron chi connectivity index (χ4n) is 2.25. The Morgan fingerprint density at radius 2 is 2.04 bits per heavy atom. The van der Waals surface area contributed by atoms with Gasteiger partial charge in [-0.1, -0.05) is 18.5 Å². The van der Waals surface area contributed by atoms with Crippen LogP contribution >= 0.6 is 11.6 Å². The Kier molecular flexibility index (Phi) is 6.12. The van der Waals surface area contributed by atoms with Crippen LogP contribution in [0.2, 0.25) is 5.02 Å². The first kappa shape index (κ1) is 21.4. The van der Waals surface area contributed by atoms with Gasteiger partial charge in [0.05, 0.1) is 9.95 Å². The smallest absolute Gasteiger partial charge is 0.279 e. The number of hydrogen-bond donors (Lipinski definition) is 0. The Morgan fingerprint density at radius 3 is 2.54 bits per heavy atom. The van der Waals surface area contributed by atoms with Crippen LogP contribution < -0.4 is 4.89 Å². The molecule has 0 N–H and O–H groups in total. The van der Waals surface area contributed by atoms with Gasteiger partial charge in [-0.05, 0) is 6.42 Å². The number of carbonyl (C=O) groups is 1. The molecule has 0 fully saturated rings. The number of hydrogen-bond acceptors (Lipinski definition) is 6. The van der Waals surface area contributed by atoms with Crippen molar-refractivity contribution < 1.29 is 37.1 Å². The third kappa shape index (κ3) is 4.32. The second-order valence-electron chi connectivity index (χ2n) is 5.48. The minimum Gasteiger partial charge on any atom is -0.279 e. The standard InChI is InChI=1S/C15H12ClF4N3O5/c1-3-4-11(24)28-27-10-6-8(17)7(5-9(10)23(25)26)13-12(16)14(15(18,19)20)22(2)21-13/h5-6H,3-4H2,1-2H3. The highest BCUT2D eigenvalue weighted by molar-refractivity contribution is 6.33. The lowest BCUT2D eigenvalue weighted by molar-refractivity contribution is -0.387. The average Bonchev–Trinajstić information content (AvgIpc) is 2.87. The predicted octanol–water partition coefficient (Wildman–Crippen LogP) is 4.44. The average molecular weight is 426 g/mol. The van der Waals surface area contributed by atoms with Crippen LogP contribution in [-0.4, -0.2) is 20.7 Å². The zero-order valence-corrected chi connectivity index (χ0v) is 15.1. The van der Waals surface area contributed by atoms with Crippen molar-refractivity contribution in [1.29, 1.82) is 0 Å². The van der Waals surface area contributed by atoms with E-state index in [0.29, 0.717) is 23.2 Å². The molecule has 0 atom stereocenters. The summed E-state index contributed by atoms with van der Waals surface area (Å²) < 4.78 is 53.9. The van der Waals surface area contributed by atoms with Gasteiger partial charge < -0.3 is 0 Å². The Morgan fingerprint density at radius 1 is 1.39 bits per heavy atom. The summed E-state index contributed by atoms with van der Waals surface area (Å²) in [5.41, 5.74) is -3.52. The van der Waals surface area contributed by atoms with Gasteiger partial charge in [-0.25, -0.2) is 9.18 Å². The van der Waals surface area contributed by atoms with E-state index in [1.54, 1.807) is 6.92 Å². The second kappa shape index (κ2) is 8.00. The number of aromatic nitrogens is 2. The van der Waals surface area contributed by atoms with Crippen molar-refractivity contribution in [2.75, 3.05) is 0 Å². The molecule has 1 aromatic carbocycles. The molecular weight excluding hydrogens is 414 g/mol. The van der Waals surface area contributed by atoms with E-state index in [9.17, 15) is 32.5 Å². The number of rotatable bonds is 6. The molecule has 13 heteroatoms. The second-order valence-corrected chi connectivity index (χ2v) is 5.86. The summed E-state index contributed by atoms with van der Waals surface area (Å²) in [5.74, 6) is -2.82. The van der Waals surface area contributed by atoms with Crippen LogP contribution in [0, 0.1) is 15.9 Å². The molecule has 0 aliphatic rings. The molecule has 1 aromatic heterocycles. The van der Waals surface area contributed by atoms with Gasteiger partial charge >= 0.3 is 17.8 Å². The first-order valence-electron chi connectivity index (χ1n) is 7.62. The summed E-state index contributed by atoms with van der Waals surface area (Å²) in [7, 11) is 0.940. The van der Waals surface area contributed by atoms with Crippen LogP contribution in [0.1, 0.15) is 25.5 Å². The van der Waals surface area contributed by atoms with Crippen molar-refractivity contribution in [2.45, 2.75) is 25.9 Å². The van der Waals surface area contributed by atoms with Crippen LogP contribution in [0.25, 0.3) is 11.3 Å². The molecule has 0 amide bonds. The Balaban J connectivity index is 2.52. The van der Waals surface area contributed by atoms with Gasteiger partial charge in [-0.15, -0.1) is 0 Å². The first-order chi connectivity index (χ1) is 13.0. The van der Waals surface area contributed by atoms with E-state index in [4.69, 9.17) is 11.6 Å². The van der Waals surface area contributed by atoms with Crippen molar-refractivity contribution in [3.63, 3.8) is 0 Å². The zero-order valence-electron chi connectivity index (χ0n) is 14.3. The molecule has 0 spiro atoms. The van der Waals surface area contributed by atoms with Gasteiger partial charge in [-0.2, -0.15) is 18.3 Å². The fraction of sp³-hybridized carbons (Fsp3) is 0.333. The van der Waals surface area contributed by atoms with Crippen molar-refractivity contribution in [3.05, 3.63) is 38.8 Å². The van der Waals surface area contributed by atoms with E-state index in [1.165, 1.54) is 0 Å². The van der Waals surface area contributed by atoms with Crippen molar-refractivity contribution >= 4 is 23.3 Å². The van der Waals surface area contributed by atoms with E-state index in [-0.39, 0.29) is 6.42 Å². The third-order valence-corrected chi connectivity index (χ3v) is 3.79. The molecule has 152 valence electrons. The summed E-state index contributed by atoms with van der Waals surface area (Å²) in [4.78, 5) is 30.4. The number of nitro groups is 1. The number of aryl methyl sites for hydroxylation is 1. The quantitative estimate of drug-likeness (QED) is 0.294. The van der Waals surface area contributed by atoms with E-state index in [2.05, 4.69) is 14.9 Å². The summed E-state index contributed by atoms with van der Waals surface area (Å²) in [5, 5.41) is 13.8. The number of benzene rings is 1. The van der Waals surface area contributed by atoms with Crippen LogP contribution in [0.5, 0.6) is 5.75 Å². The number of nitrogens with zero attached hydrogens (tertiary/aromatic N) is 3. The van der Waals surface area contributed by atoms with Crippen LogP contribution in [0.15, 0.2) is 12.1 Å². The molecule has 0 unspecified atom stereocenters. The maximum absolute atomic E-state index is 14.4. The molecule has 8 nitrogen and oxygen atoms in total. The summed E-state index contributed by atoms with van der Waals surface area (Å²) in [6, 6.07) is 1.08. The highest BCUT2D eigenvalue weighted by Gasteiger charge is 2.39. The summed E-state index contributed by atoms with van der Waals surface area (Å²) >= 11 is 5.69. The van der Waals surface area contributed by atoms with Crippen molar-refractivity contribution in [1.82, 2.24) is 9.78 Å². The van der Waals surface area contributed by atoms with Gasteiger partial charge in [0.25, 0.3) is 5.75 Å². The summed E-state index contributed by atoms with van der Waals surface area (Å²) in [6.07, 6.45) is -4.51. The molecule has 0 bridgehead atoms. The van der Waals surface area contributed by atoms with E-state index >= 15 is 0 Å². The number of nitro benzene ring substituents is 1. The van der Waals surface area contributed by atoms with Gasteiger partial charge in [0.2, 0.25) is 0 Å². The monoisotopic (exact) mass is 425 g/mol. The number of alkyl halides is 3. The van der Waals surface area contributed by atoms with Crippen LogP contribution in [0.3, 0.4) is 0 Å². The topological polar surface area (TPSA) is 96.5 Å². The van der Waals surface area contributed by atoms with Crippen LogP contribution in [0.4, 0.5) is 23.2 Å². The number of halogens is 5. The molecule has 2 aromatic rings. The minimum absolute atomic E-state index is 0.0435. The summed E-state index contributed by atoms with van der Waals surface area (Å²) in [6.45, 7) is 1.67. The van der Waals surface area contributed by atoms with Gasteiger partial charge in [0.1, 0.15) is 11.5 Å². The maximum atomic E-state index is 14.4. The molecular formula is C15H12ClF4N3O5. The Labute approximate surface area is 159 Å². The van der Waals surface area contributed by atoms with Gasteiger partial charge in [0.15, 0.2) is 5.69 Å². The highest BCUT2D eigenvalue weighted by Crippen LogP contribution is 2.42. The SMILES string of the molecule is CCCC(=O)OOc1cc(F)c(-c2nn(C)c(C(F)(F)F)c2Cl)cc1[N+](=O)[O-]. The molecule has 0 saturated heterocycles. The Bertz CT molecular complexity index is 929. The number of carbonyl (C=O) groups excluding carboxylic acids is 1. The van der Waals surface area contributed by atoms with Crippen LogP contribution in [-0.2, 0) is 22.9 Å². The molecule has 0 aliphatic heterocycles. The Hall–Kier alpha value is -2.89. The van der Waals surface area contributed by atoms with E-state index < -0.39 is 56.3 Å². The lowest BCUT2D eigenvalue weighted by atomic mass is 10.1. The van der Waals surface area contributed by atoms with E-state index in [1.807, 2.05) is 0 Å². The first-order valence-corrected chi connectivity index (χ1v) is 8.00. The lowest BCUT2D eigenvalue weighted by Gasteiger charge is -2.08. The molecule has 2 rings (SSSR count). The van der Waals surface area contributed by atoms with Gasteiger partial charge in [0, 0.05) is 31.2 Å². The molecule has 0 aliphatic carbocycles. The third-order valence-electron chi connectivity index (χ3n) is 3.44. The maximum Gasteiger partial charge on any atom is 0.434 e. The highest BCUT2D eigenvalue weighted by atomic mass is 35.5. The lowest BCUT2D eigenvalue weighted by Crippen LogP contribution is -2.12.